The summed E-state index contributed by atoms with van der Waals surface area (Å²) in [7, 11) is -3.90. The zero-order valence-corrected chi connectivity index (χ0v) is 12.1. The Hall–Kier alpha value is -1.84. The van der Waals surface area contributed by atoms with Gasteiger partial charge in [0, 0.05) is 16.7 Å². The molecule has 9 heteroatoms. The number of primary sulfonamides is 1. The molecule has 7 nitrogen and oxygen atoms in total. The van der Waals surface area contributed by atoms with Crippen LogP contribution in [0.1, 0.15) is 5.69 Å². The molecule has 20 heavy (non-hydrogen) atoms. The fourth-order valence-electron chi connectivity index (χ4n) is 1.57. The maximum atomic E-state index is 11.4. The number of benzene rings is 1. The molecule has 0 aliphatic heterocycles. The minimum absolute atomic E-state index is 0.0316. The number of hydrogen-bond donors (Lipinski definition) is 3. The van der Waals surface area contributed by atoms with Crippen molar-refractivity contribution in [2.75, 3.05) is 5.73 Å². The van der Waals surface area contributed by atoms with Gasteiger partial charge in [0.05, 0.1) is 5.69 Å². The summed E-state index contributed by atoms with van der Waals surface area (Å²) in [5, 5.41) is 5.40. The fraction of sp³-hybridized carbons (Fsp3) is 0.0909. The molecule has 0 spiro atoms. The van der Waals surface area contributed by atoms with E-state index < -0.39 is 10.0 Å². The van der Waals surface area contributed by atoms with Gasteiger partial charge in [-0.3, -0.25) is 4.79 Å². The molecule has 0 atom stereocenters. The van der Waals surface area contributed by atoms with Crippen molar-refractivity contribution >= 4 is 27.5 Å². The van der Waals surface area contributed by atoms with E-state index in [4.69, 9.17) is 10.9 Å². The lowest BCUT2D eigenvalue weighted by Gasteiger charge is -2.08. The topological polar surface area (TPSA) is 132 Å². The van der Waals surface area contributed by atoms with Gasteiger partial charge >= 0.3 is 0 Å². The molecule has 0 aliphatic rings. The van der Waals surface area contributed by atoms with Crippen LogP contribution in [-0.4, -0.2) is 18.4 Å². The SMILES string of the molecule is Cc1cc(=O)[nH]c(Sc2cccc(S(N)(=O)=O)c2N)n1. The second-order valence-corrected chi connectivity index (χ2v) is 6.57. The van der Waals surface area contributed by atoms with Crippen LogP contribution in [0.15, 0.2) is 44.0 Å². The normalized spacial score (nSPS) is 11.5. The molecule has 2 aromatic rings. The van der Waals surface area contributed by atoms with E-state index in [0.29, 0.717) is 15.7 Å². The number of nitrogen functional groups attached to an aromatic ring is 1. The van der Waals surface area contributed by atoms with Gasteiger partial charge in [-0.15, -0.1) is 0 Å². The van der Waals surface area contributed by atoms with Crippen LogP contribution < -0.4 is 16.4 Å². The predicted octanol–water partition coefficient (Wildman–Crippen LogP) is 0.459. The third kappa shape index (κ3) is 3.18. The number of aromatic amines is 1. The first-order valence-corrected chi connectivity index (χ1v) is 7.81. The van der Waals surface area contributed by atoms with Gasteiger partial charge in [0.1, 0.15) is 4.90 Å². The third-order valence-electron chi connectivity index (χ3n) is 2.39. The van der Waals surface area contributed by atoms with Gasteiger partial charge in [-0.2, -0.15) is 0 Å². The number of H-pyrrole nitrogens is 1. The highest BCUT2D eigenvalue weighted by Gasteiger charge is 2.15. The van der Waals surface area contributed by atoms with Crippen molar-refractivity contribution in [3.63, 3.8) is 0 Å². The molecule has 1 aromatic heterocycles. The molecule has 0 saturated heterocycles. The first-order chi connectivity index (χ1) is 9.27. The number of anilines is 1. The summed E-state index contributed by atoms with van der Waals surface area (Å²) in [6.45, 7) is 1.68. The second-order valence-electron chi connectivity index (χ2n) is 4.01. The maximum absolute atomic E-state index is 11.4. The molecule has 0 unspecified atom stereocenters. The Kier molecular flexibility index (Phi) is 3.84. The highest BCUT2D eigenvalue weighted by Crippen LogP contribution is 2.32. The number of sulfonamides is 1. The van der Waals surface area contributed by atoms with Crippen LogP contribution in [0.25, 0.3) is 0 Å². The van der Waals surface area contributed by atoms with Crippen LogP contribution in [0.2, 0.25) is 0 Å². The molecule has 0 bridgehead atoms. The number of nitrogens with two attached hydrogens (primary N) is 2. The van der Waals surface area contributed by atoms with E-state index in [1.165, 1.54) is 18.2 Å². The maximum Gasteiger partial charge on any atom is 0.251 e. The zero-order valence-electron chi connectivity index (χ0n) is 10.5. The van der Waals surface area contributed by atoms with Gasteiger partial charge in [0.15, 0.2) is 5.16 Å². The molecule has 106 valence electrons. The Balaban J connectivity index is 2.47. The Morgan fingerprint density at radius 1 is 1.35 bits per heavy atom. The number of aryl methyl sites for hydroxylation is 1. The summed E-state index contributed by atoms with van der Waals surface area (Å²) in [6, 6.07) is 5.82. The Labute approximate surface area is 119 Å². The molecule has 5 N–H and O–H groups in total. The van der Waals surface area contributed by atoms with E-state index in [1.807, 2.05) is 0 Å². The van der Waals surface area contributed by atoms with Crippen molar-refractivity contribution in [3.8, 4) is 0 Å². The van der Waals surface area contributed by atoms with Crippen molar-refractivity contribution in [2.45, 2.75) is 21.9 Å². The molecular weight excluding hydrogens is 300 g/mol. The summed E-state index contributed by atoms with van der Waals surface area (Å²) in [5.74, 6) is 0. The summed E-state index contributed by atoms with van der Waals surface area (Å²) in [4.78, 5) is 18.3. The van der Waals surface area contributed by atoms with Crippen LogP contribution in [-0.2, 0) is 10.0 Å². The monoisotopic (exact) mass is 312 g/mol. The number of para-hydroxylation sites is 1. The van der Waals surface area contributed by atoms with E-state index in [1.54, 1.807) is 13.0 Å². The van der Waals surface area contributed by atoms with E-state index in [2.05, 4.69) is 9.97 Å². The first kappa shape index (κ1) is 14.6. The quantitative estimate of drug-likeness (QED) is 0.557. The Morgan fingerprint density at radius 2 is 2.05 bits per heavy atom. The van der Waals surface area contributed by atoms with Gasteiger partial charge in [-0.1, -0.05) is 6.07 Å². The molecule has 1 heterocycles. The lowest BCUT2D eigenvalue weighted by Crippen LogP contribution is -2.14. The predicted molar refractivity (Wildman–Crippen MR) is 75.9 cm³/mol. The van der Waals surface area contributed by atoms with E-state index in [-0.39, 0.29) is 16.1 Å². The molecule has 2 rings (SSSR count). The largest absolute Gasteiger partial charge is 0.397 e. The van der Waals surface area contributed by atoms with Gasteiger partial charge in [0.25, 0.3) is 5.56 Å². The van der Waals surface area contributed by atoms with Gasteiger partial charge in [-0.25, -0.2) is 18.5 Å². The number of hydrogen-bond acceptors (Lipinski definition) is 6. The van der Waals surface area contributed by atoms with Crippen LogP contribution in [0.3, 0.4) is 0 Å². The number of rotatable bonds is 3. The Morgan fingerprint density at radius 3 is 2.65 bits per heavy atom. The minimum atomic E-state index is -3.90. The van der Waals surface area contributed by atoms with Crippen molar-refractivity contribution in [2.24, 2.45) is 5.14 Å². The number of aromatic nitrogens is 2. The van der Waals surface area contributed by atoms with E-state index in [0.717, 1.165) is 11.8 Å². The van der Waals surface area contributed by atoms with Gasteiger partial charge < -0.3 is 10.7 Å². The van der Waals surface area contributed by atoms with Crippen LogP contribution >= 0.6 is 11.8 Å². The van der Waals surface area contributed by atoms with Crippen LogP contribution in [0, 0.1) is 6.92 Å². The van der Waals surface area contributed by atoms with Crippen LogP contribution in [0.5, 0.6) is 0 Å². The zero-order chi connectivity index (χ0) is 14.9. The summed E-state index contributed by atoms with van der Waals surface area (Å²) in [5.41, 5.74) is 6.09. The van der Waals surface area contributed by atoms with Crippen molar-refractivity contribution in [1.29, 1.82) is 0 Å². The van der Waals surface area contributed by atoms with Crippen molar-refractivity contribution in [3.05, 3.63) is 40.3 Å². The van der Waals surface area contributed by atoms with Gasteiger partial charge in [-0.05, 0) is 30.8 Å². The second kappa shape index (κ2) is 5.27. The lowest BCUT2D eigenvalue weighted by molar-refractivity contribution is 0.598. The fourth-order valence-corrected chi connectivity index (χ4v) is 3.23. The molecule has 0 amide bonds. The third-order valence-corrected chi connectivity index (χ3v) is 4.32. The number of nitrogens with zero attached hydrogens (tertiary/aromatic N) is 1. The first-order valence-electron chi connectivity index (χ1n) is 5.44. The molecular formula is C11H12N4O3S2. The van der Waals surface area contributed by atoms with Crippen molar-refractivity contribution in [1.82, 2.24) is 9.97 Å². The van der Waals surface area contributed by atoms with E-state index >= 15 is 0 Å². The summed E-state index contributed by atoms with van der Waals surface area (Å²) >= 11 is 1.06. The smallest absolute Gasteiger partial charge is 0.251 e. The average Bonchev–Trinajstić information content (AvgIpc) is 2.29. The van der Waals surface area contributed by atoms with Crippen LogP contribution in [0.4, 0.5) is 5.69 Å². The van der Waals surface area contributed by atoms with Crippen molar-refractivity contribution < 1.29 is 8.42 Å². The summed E-state index contributed by atoms with van der Waals surface area (Å²) in [6.07, 6.45) is 0. The average molecular weight is 312 g/mol. The molecule has 0 radical (unpaired) electrons. The minimum Gasteiger partial charge on any atom is -0.397 e. The summed E-state index contributed by atoms with van der Waals surface area (Å²) < 4.78 is 22.8. The molecule has 0 saturated carbocycles. The van der Waals surface area contributed by atoms with Gasteiger partial charge in [0.2, 0.25) is 10.0 Å². The number of nitrogens with one attached hydrogen (secondary N) is 1. The standard InChI is InChI=1S/C11H12N4O3S2/c1-6-5-9(16)15-11(14-6)19-7-3-2-4-8(10(7)12)20(13,17)18/h2-5H,12H2,1H3,(H2,13,17,18)(H,14,15,16). The van der Waals surface area contributed by atoms with E-state index in [9.17, 15) is 13.2 Å². The highest BCUT2D eigenvalue weighted by molar-refractivity contribution is 7.99. The lowest BCUT2D eigenvalue weighted by atomic mass is 10.3. The Bertz CT molecular complexity index is 815. The molecule has 0 fully saturated rings. The molecule has 1 aromatic carbocycles. The molecule has 0 aliphatic carbocycles. The highest BCUT2D eigenvalue weighted by atomic mass is 32.2.